The summed E-state index contributed by atoms with van der Waals surface area (Å²) in [6.07, 6.45) is 8.35. The minimum atomic E-state index is 0.0250. The Labute approximate surface area is 195 Å². The molecule has 2 aromatic carbocycles. The molecule has 0 saturated heterocycles. The number of amides is 1. The zero-order valence-corrected chi connectivity index (χ0v) is 19.6. The average Bonchev–Trinajstić information content (AvgIpc) is 2.77. The second kappa shape index (κ2) is 13.8. The first-order chi connectivity index (χ1) is 15.0. The fourth-order valence-corrected chi connectivity index (χ4v) is 3.23. The number of nitrogens with one attached hydrogen (secondary N) is 2. The van der Waals surface area contributed by atoms with Gasteiger partial charge in [0.05, 0.1) is 10.0 Å². The van der Waals surface area contributed by atoms with Crippen LogP contribution in [0.1, 0.15) is 32.3 Å². The quantitative estimate of drug-likeness (QED) is 0.282. The maximum atomic E-state index is 12.1. The van der Waals surface area contributed by atoms with Gasteiger partial charge in [-0.2, -0.15) is 0 Å². The first-order valence-electron chi connectivity index (χ1n) is 10.5. The van der Waals surface area contributed by atoms with E-state index < -0.39 is 0 Å². The molecule has 0 aliphatic rings. The number of allylic oxidation sites excluding steroid dienone is 2. The Morgan fingerprint density at radius 3 is 2.52 bits per heavy atom. The summed E-state index contributed by atoms with van der Waals surface area (Å²) < 4.78 is 5.85. The molecule has 0 atom stereocenters. The molecular weight excluding hydrogens is 431 g/mol. The molecular formula is C25H30Cl2N2O2. The van der Waals surface area contributed by atoms with E-state index in [4.69, 9.17) is 27.9 Å². The Morgan fingerprint density at radius 1 is 1.06 bits per heavy atom. The second-order valence-electron chi connectivity index (χ2n) is 7.03. The maximum Gasteiger partial charge on any atom is 0.220 e. The van der Waals surface area contributed by atoms with Gasteiger partial charge in [-0.1, -0.05) is 60.5 Å². The van der Waals surface area contributed by atoms with Crippen molar-refractivity contribution in [3.8, 4) is 5.75 Å². The first kappa shape index (κ1) is 24.8. The maximum absolute atomic E-state index is 12.1. The number of benzene rings is 2. The first-order valence-corrected chi connectivity index (χ1v) is 11.3. The van der Waals surface area contributed by atoms with Gasteiger partial charge in [0.15, 0.2) is 0 Å². The number of anilines is 1. The van der Waals surface area contributed by atoms with E-state index in [-0.39, 0.29) is 5.91 Å². The highest BCUT2D eigenvalue weighted by atomic mass is 35.5. The van der Waals surface area contributed by atoms with Crippen molar-refractivity contribution >= 4 is 34.8 Å². The highest BCUT2D eigenvalue weighted by Gasteiger charge is 2.04. The molecule has 0 heterocycles. The molecule has 2 N–H and O–H groups in total. The van der Waals surface area contributed by atoms with Gasteiger partial charge in [-0.05, 0) is 61.2 Å². The van der Waals surface area contributed by atoms with Gasteiger partial charge >= 0.3 is 0 Å². The number of halogens is 2. The Balaban J connectivity index is 1.67. The fourth-order valence-electron chi connectivity index (χ4n) is 2.93. The number of hydrogen-bond acceptors (Lipinski definition) is 3. The van der Waals surface area contributed by atoms with Crippen molar-refractivity contribution < 1.29 is 9.53 Å². The van der Waals surface area contributed by atoms with Crippen LogP contribution in [-0.4, -0.2) is 25.6 Å². The van der Waals surface area contributed by atoms with E-state index >= 15 is 0 Å². The predicted molar refractivity (Wildman–Crippen MR) is 131 cm³/mol. The van der Waals surface area contributed by atoms with E-state index in [0.29, 0.717) is 42.6 Å². The van der Waals surface area contributed by atoms with Crippen molar-refractivity contribution in [2.24, 2.45) is 0 Å². The number of carbonyl (C=O) groups is 1. The summed E-state index contributed by atoms with van der Waals surface area (Å²) in [6, 6.07) is 13.3. The standard InChI is InChI=1S/C25H30Cl2N2O2/c1-3-5-20(6-4-2)18-31-22-11-7-19(8-12-22)9-14-25(30)29-16-15-28-21-10-13-23(26)24(27)17-21/h3,5-8,10-13,17,28H,4,9,14-16,18H2,1-2H3,(H,29,30)/b5-3-,20-6+. The van der Waals surface area contributed by atoms with E-state index in [1.54, 1.807) is 12.1 Å². The van der Waals surface area contributed by atoms with Gasteiger partial charge in [0.2, 0.25) is 5.91 Å². The van der Waals surface area contributed by atoms with Gasteiger partial charge < -0.3 is 15.4 Å². The molecule has 2 rings (SSSR count). The lowest BCUT2D eigenvalue weighted by Gasteiger charge is -2.10. The number of aryl methyl sites for hydroxylation is 1. The molecule has 0 saturated carbocycles. The van der Waals surface area contributed by atoms with E-state index in [0.717, 1.165) is 23.4 Å². The minimum absolute atomic E-state index is 0.0250. The molecule has 6 heteroatoms. The number of carbonyl (C=O) groups excluding carboxylic acids is 1. The Bertz CT molecular complexity index is 893. The highest BCUT2D eigenvalue weighted by molar-refractivity contribution is 6.42. The van der Waals surface area contributed by atoms with Gasteiger partial charge in [0.1, 0.15) is 12.4 Å². The van der Waals surface area contributed by atoms with Crippen LogP contribution < -0.4 is 15.4 Å². The van der Waals surface area contributed by atoms with Gasteiger partial charge in [-0.15, -0.1) is 0 Å². The number of hydrogen-bond donors (Lipinski definition) is 2. The molecule has 0 spiro atoms. The van der Waals surface area contributed by atoms with Gasteiger partial charge in [0, 0.05) is 25.2 Å². The van der Waals surface area contributed by atoms with Crippen molar-refractivity contribution in [1.82, 2.24) is 5.32 Å². The van der Waals surface area contributed by atoms with Crippen molar-refractivity contribution in [1.29, 1.82) is 0 Å². The fraction of sp³-hybridized carbons (Fsp3) is 0.320. The van der Waals surface area contributed by atoms with Crippen LogP contribution in [0, 0.1) is 0 Å². The second-order valence-corrected chi connectivity index (χ2v) is 7.84. The smallest absolute Gasteiger partial charge is 0.220 e. The van der Waals surface area contributed by atoms with Gasteiger partial charge in [-0.3, -0.25) is 4.79 Å². The summed E-state index contributed by atoms with van der Waals surface area (Å²) in [7, 11) is 0. The summed E-state index contributed by atoms with van der Waals surface area (Å²) >= 11 is 11.9. The molecule has 166 valence electrons. The van der Waals surface area contributed by atoms with Crippen LogP contribution in [0.5, 0.6) is 5.75 Å². The number of rotatable bonds is 12. The van der Waals surface area contributed by atoms with Crippen molar-refractivity contribution in [2.75, 3.05) is 25.0 Å². The van der Waals surface area contributed by atoms with Crippen LogP contribution >= 0.6 is 23.2 Å². The van der Waals surface area contributed by atoms with Crippen LogP contribution in [0.2, 0.25) is 10.0 Å². The summed E-state index contributed by atoms with van der Waals surface area (Å²) in [4.78, 5) is 12.1. The largest absolute Gasteiger partial charge is 0.489 e. The zero-order valence-electron chi connectivity index (χ0n) is 18.1. The van der Waals surface area contributed by atoms with Crippen LogP contribution in [0.15, 0.2) is 66.3 Å². The summed E-state index contributed by atoms with van der Waals surface area (Å²) in [5.41, 5.74) is 3.14. The minimum Gasteiger partial charge on any atom is -0.489 e. The van der Waals surface area contributed by atoms with Crippen molar-refractivity contribution in [3.63, 3.8) is 0 Å². The summed E-state index contributed by atoms with van der Waals surface area (Å²) in [5, 5.41) is 7.15. The molecule has 31 heavy (non-hydrogen) atoms. The van der Waals surface area contributed by atoms with Crippen LogP contribution in [0.3, 0.4) is 0 Å². The molecule has 0 unspecified atom stereocenters. The Morgan fingerprint density at radius 2 is 1.84 bits per heavy atom. The molecule has 0 fully saturated rings. The zero-order chi connectivity index (χ0) is 22.5. The van der Waals surface area contributed by atoms with Crippen LogP contribution in [0.25, 0.3) is 0 Å². The predicted octanol–water partition coefficient (Wildman–Crippen LogP) is 6.45. The molecule has 0 aliphatic carbocycles. The summed E-state index contributed by atoms with van der Waals surface area (Å²) in [5.74, 6) is 0.852. The molecule has 2 aromatic rings. The third-order valence-electron chi connectivity index (χ3n) is 4.51. The lowest BCUT2D eigenvalue weighted by molar-refractivity contribution is -0.120. The van der Waals surface area contributed by atoms with E-state index in [2.05, 4.69) is 29.7 Å². The normalized spacial score (nSPS) is 11.5. The van der Waals surface area contributed by atoms with E-state index in [1.807, 2.05) is 43.3 Å². The molecule has 0 radical (unpaired) electrons. The van der Waals surface area contributed by atoms with Crippen molar-refractivity contribution in [2.45, 2.75) is 33.1 Å². The van der Waals surface area contributed by atoms with E-state index in [1.165, 1.54) is 5.57 Å². The van der Waals surface area contributed by atoms with Crippen LogP contribution in [0.4, 0.5) is 5.69 Å². The average molecular weight is 461 g/mol. The Kier molecular flexibility index (Phi) is 11.0. The monoisotopic (exact) mass is 460 g/mol. The SMILES string of the molecule is C/C=C\C(=C/CC)COc1ccc(CCC(=O)NCCNc2ccc(Cl)c(Cl)c2)cc1. The molecule has 1 amide bonds. The third-order valence-corrected chi connectivity index (χ3v) is 5.25. The highest BCUT2D eigenvalue weighted by Crippen LogP contribution is 2.24. The van der Waals surface area contributed by atoms with Gasteiger partial charge in [-0.25, -0.2) is 0 Å². The Hall–Kier alpha value is -2.43. The molecule has 0 bridgehead atoms. The molecule has 4 nitrogen and oxygen atoms in total. The van der Waals surface area contributed by atoms with Gasteiger partial charge in [0.25, 0.3) is 0 Å². The lowest BCUT2D eigenvalue weighted by atomic mass is 10.1. The molecule has 0 aliphatic heterocycles. The number of ether oxygens (including phenoxy) is 1. The van der Waals surface area contributed by atoms with E-state index in [9.17, 15) is 4.79 Å². The third kappa shape index (κ3) is 9.50. The lowest BCUT2D eigenvalue weighted by Crippen LogP contribution is -2.28. The summed E-state index contributed by atoms with van der Waals surface area (Å²) in [6.45, 7) is 5.81. The molecule has 0 aromatic heterocycles. The topological polar surface area (TPSA) is 50.4 Å². The van der Waals surface area contributed by atoms with Crippen LogP contribution in [-0.2, 0) is 11.2 Å². The van der Waals surface area contributed by atoms with Crippen molar-refractivity contribution in [3.05, 3.63) is 81.9 Å².